The molecule has 3 nitrogen and oxygen atoms in total. The van der Waals surface area contributed by atoms with E-state index in [2.05, 4.69) is 32.9 Å². The zero-order chi connectivity index (χ0) is 12.8. The topological polar surface area (TPSA) is 40.5 Å². The molecule has 0 bridgehead atoms. The van der Waals surface area contributed by atoms with Crippen LogP contribution in [0.25, 0.3) is 0 Å². The van der Waals surface area contributed by atoms with Crippen LogP contribution in [0.2, 0.25) is 0 Å². The molecule has 4 heteroatoms. The van der Waals surface area contributed by atoms with E-state index in [1.54, 1.807) is 11.3 Å². The summed E-state index contributed by atoms with van der Waals surface area (Å²) in [4.78, 5) is 15.5. The third-order valence-electron chi connectivity index (χ3n) is 2.84. The second-order valence-corrected chi connectivity index (χ2v) is 5.40. The number of carbonyl (C=O) groups is 1. The molecule has 0 radical (unpaired) electrons. The maximum atomic E-state index is 10.8. The Morgan fingerprint density at radius 2 is 2.18 bits per heavy atom. The second-order valence-electron chi connectivity index (χ2n) is 4.20. The highest BCUT2D eigenvalue weighted by atomic mass is 32.1. The fourth-order valence-electron chi connectivity index (χ4n) is 1.86. The van der Waals surface area contributed by atoms with Gasteiger partial charge >= 0.3 is 5.97 Å². The van der Waals surface area contributed by atoms with Crippen LogP contribution >= 0.6 is 11.3 Å². The molecule has 0 aliphatic rings. The van der Waals surface area contributed by atoms with Crippen LogP contribution in [0.1, 0.15) is 43.0 Å². The molecule has 0 aliphatic heterocycles. The lowest BCUT2D eigenvalue weighted by atomic mass is 10.2. The maximum Gasteiger partial charge on any atom is 0.317 e. The molecule has 17 heavy (non-hydrogen) atoms. The van der Waals surface area contributed by atoms with Gasteiger partial charge in [-0.05, 0) is 38.4 Å². The average Bonchev–Trinajstić information content (AvgIpc) is 2.75. The van der Waals surface area contributed by atoms with Crippen LogP contribution in [0, 0.1) is 0 Å². The van der Waals surface area contributed by atoms with E-state index in [1.165, 1.54) is 9.75 Å². The van der Waals surface area contributed by atoms with Gasteiger partial charge in [-0.15, -0.1) is 11.3 Å². The first-order valence-corrected chi connectivity index (χ1v) is 6.94. The summed E-state index contributed by atoms with van der Waals surface area (Å²) in [5.41, 5.74) is 0. The van der Waals surface area contributed by atoms with E-state index in [4.69, 9.17) is 5.11 Å². The standard InChI is InChI=1S/C13H21NO2S/c1-4-8-14(9-13(15)16)10(3)12-7-6-11(5-2)17-12/h6-7,10H,4-5,8-9H2,1-3H3,(H,15,16). The van der Waals surface area contributed by atoms with Crippen LogP contribution in [0.5, 0.6) is 0 Å². The first kappa shape index (κ1) is 14.2. The Bertz CT molecular complexity index is 362. The second kappa shape index (κ2) is 6.77. The van der Waals surface area contributed by atoms with Crippen molar-refractivity contribution >= 4 is 17.3 Å². The number of carboxylic acids is 1. The predicted molar refractivity (Wildman–Crippen MR) is 71.6 cm³/mol. The highest BCUT2D eigenvalue weighted by Crippen LogP contribution is 2.27. The Hall–Kier alpha value is -0.870. The molecule has 1 heterocycles. The Morgan fingerprint density at radius 1 is 1.47 bits per heavy atom. The number of hydrogen-bond donors (Lipinski definition) is 1. The fourth-order valence-corrected chi connectivity index (χ4v) is 2.90. The van der Waals surface area contributed by atoms with Crippen LogP contribution in [0.4, 0.5) is 0 Å². The highest BCUT2D eigenvalue weighted by Gasteiger charge is 2.18. The lowest BCUT2D eigenvalue weighted by molar-refractivity contribution is -0.138. The molecule has 0 saturated heterocycles. The molecule has 1 rings (SSSR count). The zero-order valence-corrected chi connectivity index (χ0v) is 11.6. The van der Waals surface area contributed by atoms with Gasteiger partial charge < -0.3 is 5.11 Å². The van der Waals surface area contributed by atoms with Crippen molar-refractivity contribution in [3.63, 3.8) is 0 Å². The average molecular weight is 255 g/mol. The molecule has 1 atom stereocenters. The number of carboxylic acid groups (broad SMARTS) is 1. The summed E-state index contributed by atoms with van der Waals surface area (Å²) < 4.78 is 0. The molecule has 0 spiro atoms. The highest BCUT2D eigenvalue weighted by molar-refractivity contribution is 7.12. The first-order valence-electron chi connectivity index (χ1n) is 6.12. The Morgan fingerprint density at radius 3 is 2.65 bits per heavy atom. The molecule has 0 aromatic carbocycles. The minimum absolute atomic E-state index is 0.119. The first-order chi connectivity index (χ1) is 8.08. The maximum absolute atomic E-state index is 10.8. The minimum atomic E-state index is -0.752. The minimum Gasteiger partial charge on any atom is -0.480 e. The van der Waals surface area contributed by atoms with E-state index >= 15 is 0 Å². The predicted octanol–water partition coefficient (Wildman–Crippen LogP) is 3.17. The van der Waals surface area contributed by atoms with E-state index in [-0.39, 0.29) is 12.6 Å². The lowest BCUT2D eigenvalue weighted by Gasteiger charge is -2.26. The van der Waals surface area contributed by atoms with Crippen molar-refractivity contribution in [2.75, 3.05) is 13.1 Å². The van der Waals surface area contributed by atoms with Gasteiger partial charge in [0.2, 0.25) is 0 Å². The van der Waals surface area contributed by atoms with Gasteiger partial charge in [0.15, 0.2) is 0 Å². The Labute approximate surface area is 107 Å². The molecule has 1 aromatic rings. The van der Waals surface area contributed by atoms with Gasteiger partial charge in [0.1, 0.15) is 0 Å². The Kier molecular flexibility index (Phi) is 5.65. The summed E-state index contributed by atoms with van der Waals surface area (Å²) >= 11 is 1.79. The lowest BCUT2D eigenvalue weighted by Crippen LogP contribution is -2.32. The van der Waals surface area contributed by atoms with Gasteiger partial charge in [0.05, 0.1) is 6.54 Å². The van der Waals surface area contributed by atoms with Gasteiger partial charge in [0, 0.05) is 15.8 Å². The van der Waals surface area contributed by atoms with Crippen molar-refractivity contribution in [1.82, 2.24) is 4.90 Å². The normalized spacial score (nSPS) is 12.9. The molecule has 0 fully saturated rings. The van der Waals surface area contributed by atoms with Crippen LogP contribution in [-0.4, -0.2) is 29.1 Å². The fraction of sp³-hybridized carbons (Fsp3) is 0.615. The van der Waals surface area contributed by atoms with Crippen LogP contribution in [0.3, 0.4) is 0 Å². The zero-order valence-electron chi connectivity index (χ0n) is 10.8. The van der Waals surface area contributed by atoms with Crippen molar-refractivity contribution < 1.29 is 9.90 Å². The molecular formula is C13H21NO2S. The van der Waals surface area contributed by atoms with Crippen molar-refractivity contribution in [3.05, 3.63) is 21.9 Å². The van der Waals surface area contributed by atoms with Crippen molar-refractivity contribution in [2.24, 2.45) is 0 Å². The quantitative estimate of drug-likeness (QED) is 0.813. The van der Waals surface area contributed by atoms with E-state index < -0.39 is 5.97 Å². The number of rotatable bonds is 7. The van der Waals surface area contributed by atoms with Crippen LogP contribution in [-0.2, 0) is 11.2 Å². The van der Waals surface area contributed by atoms with E-state index in [0.717, 1.165) is 19.4 Å². The van der Waals surface area contributed by atoms with Crippen molar-refractivity contribution in [3.8, 4) is 0 Å². The number of hydrogen-bond acceptors (Lipinski definition) is 3. The van der Waals surface area contributed by atoms with Crippen LogP contribution < -0.4 is 0 Å². The molecule has 0 saturated carbocycles. The molecule has 0 aliphatic carbocycles. The molecule has 0 amide bonds. The molecule has 1 unspecified atom stereocenters. The Balaban J connectivity index is 2.75. The van der Waals surface area contributed by atoms with Gasteiger partial charge in [-0.3, -0.25) is 9.69 Å². The van der Waals surface area contributed by atoms with Crippen LogP contribution in [0.15, 0.2) is 12.1 Å². The smallest absolute Gasteiger partial charge is 0.317 e. The van der Waals surface area contributed by atoms with Gasteiger partial charge in [-0.2, -0.15) is 0 Å². The van der Waals surface area contributed by atoms with E-state index in [0.29, 0.717) is 0 Å². The third-order valence-corrected chi connectivity index (χ3v) is 4.24. The number of aryl methyl sites for hydroxylation is 1. The number of aliphatic carboxylic acids is 1. The SMILES string of the molecule is CCCN(CC(=O)O)C(C)c1ccc(CC)s1. The summed E-state index contributed by atoms with van der Waals surface area (Å²) in [6.07, 6.45) is 2.02. The number of thiophene rings is 1. The van der Waals surface area contributed by atoms with Gasteiger partial charge in [0.25, 0.3) is 0 Å². The van der Waals surface area contributed by atoms with E-state index in [9.17, 15) is 4.79 Å². The van der Waals surface area contributed by atoms with Gasteiger partial charge in [-0.25, -0.2) is 0 Å². The van der Waals surface area contributed by atoms with Crippen molar-refractivity contribution in [1.29, 1.82) is 0 Å². The molecular weight excluding hydrogens is 234 g/mol. The third kappa shape index (κ3) is 4.13. The van der Waals surface area contributed by atoms with Crippen molar-refractivity contribution in [2.45, 2.75) is 39.7 Å². The largest absolute Gasteiger partial charge is 0.480 e. The summed E-state index contributed by atoms with van der Waals surface area (Å²) in [5, 5.41) is 8.92. The van der Waals surface area contributed by atoms with E-state index in [1.807, 2.05) is 4.90 Å². The van der Waals surface area contributed by atoms with Gasteiger partial charge in [-0.1, -0.05) is 13.8 Å². The monoisotopic (exact) mass is 255 g/mol. The number of nitrogens with zero attached hydrogens (tertiary/aromatic N) is 1. The summed E-state index contributed by atoms with van der Waals surface area (Å²) in [6.45, 7) is 7.25. The molecule has 1 aromatic heterocycles. The molecule has 96 valence electrons. The summed E-state index contributed by atoms with van der Waals surface area (Å²) in [6, 6.07) is 4.46. The summed E-state index contributed by atoms with van der Waals surface area (Å²) in [7, 11) is 0. The molecule has 1 N–H and O–H groups in total. The summed E-state index contributed by atoms with van der Waals surface area (Å²) in [5.74, 6) is -0.752.